The third kappa shape index (κ3) is 3.16. The molecule has 0 aliphatic heterocycles. The smallest absolute Gasteiger partial charge is 0.0585 e. The molecular weight excluding hydrogens is 166 g/mol. The molecule has 2 N–H and O–H groups in total. The van der Waals surface area contributed by atoms with E-state index in [0.717, 1.165) is 13.0 Å². The third-order valence-corrected chi connectivity index (χ3v) is 2.10. The maximum absolute atomic E-state index is 8.92. The second-order valence-corrected chi connectivity index (χ2v) is 3.24. The zero-order chi connectivity index (χ0) is 9.68. The summed E-state index contributed by atoms with van der Waals surface area (Å²) in [5.41, 5.74) is 1.17. The van der Waals surface area contributed by atoms with Gasteiger partial charge in [-0.2, -0.15) is 5.10 Å². The van der Waals surface area contributed by atoms with Gasteiger partial charge in [0.25, 0.3) is 0 Å². The molecule has 0 fully saturated rings. The highest BCUT2D eigenvalue weighted by molar-refractivity contribution is 4.99. The zero-order valence-corrected chi connectivity index (χ0v) is 8.20. The number of aliphatic hydroxyl groups is 1. The van der Waals surface area contributed by atoms with Crippen LogP contribution in [0.4, 0.5) is 0 Å². The Morgan fingerprint density at radius 1 is 1.69 bits per heavy atom. The lowest BCUT2D eigenvalue weighted by atomic mass is 10.2. The van der Waals surface area contributed by atoms with Gasteiger partial charge in [-0.3, -0.25) is 4.68 Å². The first kappa shape index (κ1) is 10.2. The van der Waals surface area contributed by atoms with Crippen molar-refractivity contribution in [2.75, 3.05) is 13.7 Å². The molecule has 1 atom stereocenters. The van der Waals surface area contributed by atoms with Crippen LogP contribution in [0.2, 0.25) is 0 Å². The Hall–Kier alpha value is -0.870. The number of nitrogens with one attached hydrogen (secondary N) is 1. The Kier molecular flexibility index (Phi) is 3.92. The van der Waals surface area contributed by atoms with E-state index in [1.807, 2.05) is 31.0 Å². The van der Waals surface area contributed by atoms with Crippen molar-refractivity contribution in [3.63, 3.8) is 0 Å². The number of hydrogen-bond acceptors (Lipinski definition) is 3. The van der Waals surface area contributed by atoms with Crippen molar-refractivity contribution < 1.29 is 5.11 Å². The van der Waals surface area contributed by atoms with E-state index >= 15 is 0 Å². The van der Waals surface area contributed by atoms with E-state index in [4.69, 9.17) is 5.11 Å². The highest BCUT2D eigenvalue weighted by atomic mass is 16.3. The van der Waals surface area contributed by atoms with Crippen molar-refractivity contribution >= 4 is 0 Å². The molecule has 1 rings (SSSR count). The SMILES string of the molecule is CNC(CO)CCn1cc(C)cn1. The minimum Gasteiger partial charge on any atom is -0.395 e. The standard InChI is InChI=1S/C9H17N3O/c1-8-5-11-12(6-8)4-3-9(7-13)10-2/h5-6,9-10,13H,3-4,7H2,1-2H3. The Bertz CT molecular complexity index is 243. The summed E-state index contributed by atoms with van der Waals surface area (Å²) in [5, 5.41) is 16.1. The number of nitrogens with zero attached hydrogens (tertiary/aromatic N) is 2. The molecule has 1 heterocycles. The predicted octanol–water partition coefficient (Wildman–Crippen LogP) is 0.162. The number of likely N-dealkylation sites (N-methyl/N-ethyl adjacent to an activating group) is 1. The molecule has 74 valence electrons. The number of aryl methyl sites for hydroxylation is 2. The van der Waals surface area contributed by atoms with Gasteiger partial charge in [0.1, 0.15) is 0 Å². The number of aromatic nitrogens is 2. The fraction of sp³-hybridized carbons (Fsp3) is 0.667. The van der Waals surface area contributed by atoms with Gasteiger partial charge in [0.2, 0.25) is 0 Å². The molecule has 0 spiro atoms. The Morgan fingerprint density at radius 3 is 2.92 bits per heavy atom. The van der Waals surface area contributed by atoms with Crippen molar-refractivity contribution in [2.24, 2.45) is 0 Å². The molecule has 0 aromatic carbocycles. The molecule has 0 saturated heterocycles. The van der Waals surface area contributed by atoms with Gasteiger partial charge < -0.3 is 10.4 Å². The number of aliphatic hydroxyl groups excluding tert-OH is 1. The van der Waals surface area contributed by atoms with Crippen molar-refractivity contribution in [1.82, 2.24) is 15.1 Å². The van der Waals surface area contributed by atoms with Crippen molar-refractivity contribution in [1.29, 1.82) is 0 Å². The second-order valence-electron chi connectivity index (χ2n) is 3.24. The molecule has 4 heteroatoms. The molecular formula is C9H17N3O. The van der Waals surface area contributed by atoms with E-state index in [0.29, 0.717) is 0 Å². The molecule has 0 saturated carbocycles. The van der Waals surface area contributed by atoms with Gasteiger partial charge in [0.15, 0.2) is 0 Å². The van der Waals surface area contributed by atoms with E-state index in [2.05, 4.69) is 10.4 Å². The van der Waals surface area contributed by atoms with Gasteiger partial charge in [0, 0.05) is 18.8 Å². The van der Waals surface area contributed by atoms with Crippen LogP contribution >= 0.6 is 0 Å². The maximum Gasteiger partial charge on any atom is 0.0585 e. The van der Waals surface area contributed by atoms with Crippen LogP contribution in [0, 0.1) is 6.92 Å². The van der Waals surface area contributed by atoms with E-state index in [-0.39, 0.29) is 12.6 Å². The van der Waals surface area contributed by atoms with Gasteiger partial charge in [-0.15, -0.1) is 0 Å². The van der Waals surface area contributed by atoms with Crippen LogP contribution in [0.25, 0.3) is 0 Å². The molecule has 1 unspecified atom stereocenters. The van der Waals surface area contributed by atoms with Crippen molar-refractivity contribution in [3.8, 4) is 0 Å². The summed E-state index contributed by atoms with van der Waals surface area (Å²) in [4.78, 5) is 0. The van der Waals surface area contributed by atoms with Crippen LogP contribution in [-0.2, 0) is 6.54 Å². The summed E-state index contributed by atoms with van der Waals surface area (Å²) >= 11 is 0. The third-order valence-electron chi connectivity index (χ3n) is 2.10. The van der Waals surface area contributed by atoms with Crippen molar-refractivity contribution in [3.05, 3.63) is 18.0 Å². The van der Waals surface area contributed by atoms with Crippen LogP contribution < -0.4 is 5.32 Å². The maximum atomic E-state index is 8.92. The fourth-order valence-corrected chi connectivity index (χ4v) is 1.20. The number of rotatable bonds is 5. The van der Waals surface area contributed by atoms with Gasteiger partial charge in [0.05, 0.1) is 12.8 Å². The lowest BCUT2D eigenvalue weighted by molar-refractivity contribution is 0.236. The molecule has 0 aliphatic rings. The summed E-state index contributed by atoms with van der Waals surface area (Å²) < 4.78 is 1.90. The summed E-state index contributed by atoms with van der Waals surface area (Å²) in [6.45, 7) is 3.04. The van der Waals surface area contributed by atoms with Gasteiger partial charge in [-0.25, -0.2) is 0 Å². The van der Waals surface area contributed by atoms with Crippen LogP contribution in [0.1, 0.15) is 12.0 Å². The monoisotopic (exact) mass is 183 g/mol. The highest BCUT2D eigenvalue weighted by Gasteiger charge is 2.03. The van der Waals surface area contributed by atoms with Crippen LogP contribution in [0.15, 0.2) is 12.4 Å². The topological polar surface area (TPSA) is 50.1 Å². The summed E-state index contributed by atoms with van der Waals surface area (Å²) in [7, 11) is 1.86. The molecule has 4 nitrogen and oxygen atoms in total. The van der Waals surface area contributed by atoms with E-state index in [1.54, 1.807) is 0 Å². The second kappa shape index (κ2) is 4.99. The molecule has 0 bridgehead atoms. The quantitative estimate of drug-likeness (QED) is 0.684. The Morgan fingerprint density at radius 2 is 2.46 bits per heavy atom. The highest BCUT2D eigenvalue weighted by Crippen LogP contribution is 1.98. The summed E-state index contributed by atoms with van der Waals surface area (Å²) in [6, 6.07) is 0.171. The minimum absolute atomic E-state index is 0.171. The van der Waals surface area contributed by atoms with E-state index in [1.165, 1.54) is 5.56 Å². The number of hydrogen-bond donors (Lipinski definition) is 2. The average Bonchev–Trinajstić information content (AvgIpc) is 2.53. The van der Waals surface area contributed by atoms with Crippen molar-refractivity contribution in [2.45, 2.75) is 25.9 Å². The van der Waals surface area contributed by atoms with Gasteiger partial charge >= 0.3 is 0 Å². The molecule has 13 heavy (non-hydrogen) atoms. The lowest BCUT2D eigenvalue weighted by Gasteiger charge is -2.12. The fourth-order valence-electron chi connectivity index (χ4n) is 1.20. The Labute approximate surface area is 78.6 Å². The average molecular weight is 183 g/mol. The zero-order valence-electron chi connectivity index (χ0n) is 8.20. The first-order valence-corrected chi connectivity index (χ1v) is 4.53. The minimum atomic E-state index is 0.171. The summed E-state index contributed by atoms with van der Waals surface area (Å²) in [5.74, 6) is 0. The van der Waals surface area contributed by atoms with Crippen LogP contribution in [0.5, 0.6) is 0 Å². The molecule has 0 amide bonds. The lowest BCUT2D eigenvalue weighted by Crippen LogP contribution is -2.30. The molecule has 1 aromatic rings. The molecule has 1 aromatic heterocycles. The Balaban J connectivity index is 2.33. The van der Waals surface area contributed by atoms with Gasteiger partial charge in [-0.1, -0.05) is 0 Å². The summed E-state index contributed by atoms with van der Waals surface area (Å²) in [6.07, 6.45) is 4.74. The normalized spacial score (nSPS) is 13.2. The van der Waals surface area contributed by atoms with E-state index < -0.39 is 0 Å². The molecule has 0 radical (unpaired) electrons. The predicted molar refractivity (Wildman–Crippen MR) is 51.5 cm³/mol. The van der Waals surface area contributed by atoms with Crippen LogP contribution in [-0.4, -0.2) is 34.6 Å². The molecule has 0 aliphatic carbocycles. The van der Waals surface area contributed by atoms with E-state index in [9.17, 15) is 0 Å². The first-order valence-electron chi connectivity index (χ1n) is 4.53. The van der Waals surface area contributed by atoms with Crippen LogP contribution in [0.3, 0.4) is 0 Å². The largest absolute Gasteiger partial charge is 0.395 e. The first-order chi connectivity index (χ1) is 6.26. The van der Waals surface area contributed by atoms with Gasteiger partial charge in [-0.05, 0) is 26.0 Å².